The maximum Gasteiger partial charge on any atom is 0.401 e. The number of halogens is 3. The minimum absolute atomic E-state index is 0.388. The Labute approximate surface area is 129 Å². The zero-order valence-corrected chi connectivity index (χ0v) is 13.3. The fourth-order valence-electron chi connectivity index (χ4n) is 2.78. The molecular formula is C15H23F3N4. The predicted octanol–water partition coefficient (Wildman–Crippen LogP) is 3.09. The first kappa shape index (κ1) is 17.0. The van der Waals surface area contributed by atoms with Crippen molar-refractivity contribution in [2.24, 2.45) is 5.92 Å². The summed E-state index contributed by atoms with van der Waals surface area (Å²) in [4.78, 5) is 10.2. The molecule has 0 saturated carbocycles. The van der Waals surface area contributed by atoms with Crippen LogP contribution in [-0.4, -0.2) is 47.2 Å². The summed E-state index contributed by atoms with van der Waals surface area (Å²) in [7, 11) is 0. The normalized spacial score (nSPS) is 17.7. The number of aryl methyl sites for hydroxylation is 2. The van der Waals surface area contributed by atoms with Crippen LogP contribution in [-0.2, 0) is 0 Å². The van der Waals surface area contributed by atoms with E-state index in [1.54, 1.807) is 0 Å². The van der Waals surface area contributed by atoms with Crippen LogP contribution in [0.15, 0.2) is 0 Å². The number of nitrogens with zero attached hydrogens (tertiary/aromatic N) is 3. The summed E-state index contributed by atoms with van der Waals surface area (Å²) < 4.78 is 37.1. The number of alkyl halides is 3. The molecule has 124 valence electrons. The molecule has 1 aliphatic heterocycles. The molecule has 0 bridgehead atoms. The van der Waals surface area contributed by atoms with Crippen LogP contribution < -0.4 is 5.32 Å². The van der Waals surface area contributed by atoms with Crippen molar-refractivity contribution >= 4 is 5.82 Å². The number of hydrogen-bond acceptors (Lipinski definition) is 4. The molecule has 1 aromatic heterocycles. The number of nitrogens with one attached hydrogen (secondary N) is 1. The molecule has 7 heteroatoms. The SMILES string of the molecule is Cc1nc(C)c(C)c(NCC2CCN(CC(F)(F)F)CC2)n1. The lowest BCUT2D eigenvalue weighted by Gasteiger charge is -2.32. The van der Waals surface area contributed by atoms with Crippen LogP contribution >= 0.6 is 0 Å². The van der Waals surface area contributed by atoms with Crippen LogP contribution in [0.4, 0.5) is 19.0 Å². The Kier molecular flexibility index (Phi) is 5.26. The van der Waals surface area contributed by atoms with Crippen molar-refractivity contribution in [3.8, 4) is 0 Å². The number of hydrogen-bond donors (Lipinski definition) is 1. The number of piperidine rings is 1. The zero-order valence-electron chi connectivity index (χ0n) is 13.3. The lowest BCUT2D eigenvalue weighted by molar-refractivity contribution is -0.148. The molecule has 0 unspecified atom stereocenters. The van der Waals surface area contributed by atoms with Gasteiger partial charge in [-0.3, -0.25) is 4.90 Å². The molecule has 4 nitrogen and oxygen atoms in total. The minimum Gasteiger partial charge on any atom is -0.369 e. The van der Waals surface area contributed by atoms with Gasteiger partial charge in [-0.2, -0.15) is 13.2 Å². The van der Waals surface area contributed by atoms with Crippen molar-refractivity contribution in [3.63, 3.8) is 0 Å². The summed E-state index contributed by atoms with van der Waals surface area (Å²) in [5.74, 6) is 1.95. The second-order valence-corrected chi connectivity index (χ2v) is 6.05. The fraction of sp³-hybridized carbons (Fsp3) is 0.733. The Hall–Kier alpha value is -1.37. The van der Waals surface area contributed by atoms with Crippen molar-refractivity contribution in [1.29, 1.82) is 0 Å². The second-order valence-electron chi connectivity index (χ2n) is 6.05. The van der Waals surface area contributed by atoms with Gasteiger partial charge in [-0.05, 0) is 52.6 Å². The van der Waals surface area contributed by atoms with Crippen molar-refractivity contribution in [1.82, 2.24) is 14.9 Å². The molecule has 1 aromatic rings. The first-order valence-electron chi connectivity index (χ1n) is 7.59. The third kappa shape index (κ3) is 4.83. The molecule has 0 atom stereocenters. The lowest BCUT2D eigenvalue weighted by Crippen LogP contribution is -2.41. The average molecular weight is 316 g/mol. The Morgan fingerprint density at radius 1 is 1.14 bits per heavy atom. The molecule has 0 spiro atoms. The van der Waals surface area contributed by atoms with Gasteiger partial charge < -0.3 is 5.32 Å². The second kappa shape index (κ2) is 6.81. The third-order valence-electron chi connectivity index (χ3n) is 4.17. The Bertz CT molecular complexity index is 508. The standard InChI is InChI=1S/C15H23F3N4/c1-10-11(2)20-12(3)21-14(10)19-8-13-4-6-22(7-5-13)9-15(16,17)18/h13H,4-9H2,1-3H3,(H,19,20,21). The van der Waals surface area contributed by atoms with Gasteiger partial charge in [-0.15, -0.1) is 0 Å². The van der Waals surface area contributed by atoms with Gasteiger partial charge in [0.25, 0.3) is 0 Å². The third-order valence-corrected chi connectivity index (χ3v) is 4.17. The van der Waals surface area contributed by atoms with Gasteiger partial charge in [0.2, 0.25) is 0 Å². The summed E-state index contributed by atoms with van der Waals surface area (Å²) in [6, 6.07) is 0. The van der Waals surface area contributed by atoms with E-state index >= 15 is 0 Å². The monoisotopic (exact) mass is 316 g/mol. The maximum atomic E-state index is 12.4. The Morgan fingerprint density at radius 2 is 1.77 bits per heavy atom. The molecule has 2 rings (SSSR count). The minimum atomic E-state index is -4.10. The summed E-state index contributed by atoms with van der Waals surface area (Å²) in [6.45, 7) is 6.74. The van der Waals surface area contributed by atoms with Crippen molar-refractivity contribution in [2.45, 2.75) is 39.8 Å². The highest BCUT2D eigenvalue weighted by atomic mass is 19.4. The van der Waals surface area contributed by atoms with E-state index in [-0.39, 0.29) is 0 Å². The van der Waals surface area contributed by atoms with Gasteiger partial charge in [0.1, 0.15) is 11.6 Å². The highest BCUT2D eigenvalue weighted by Gasteiger charge is 2.32. The van der Waals surface area contributed by atoms with Gasteiger partial charge in [-0.25, -0.2) is 9.97 Å². The zero-order chi connectivity index (χ0) is 16.3. The largest absolute Gasteiger partial charge is 0.401 e. The van der Waals surface area contributed by atoms with Gasteiger partial charge in [0.15, 0.2) is 0 Å². The lowest BCUT2D eigenvalue weighted by atomic mass is 9.96. The summed E-state index contributed by atoms with van der Waals surface area (Å²) >= 11 is 0. The van der Waals surface area contributed by atoms with E-state index in [2.05, 4.69) is 15.3 Å². The first-order valence-corrected chi connectivity index (χ1v) is 7.59. The topological polar surface area (TPSA) is 41.1 Å². The molecule has 0 radical (unpaired) electrons. The van der Waals surface area contributed by atoms with Gasteiger partial charge >= 0.3 is 6.18 Å². The Morgan fingerprint density at radius 3 is 2.36 bits per heavy atom. The van der Waals surface area contributed by atoms with Crippen LogP contribution in [0.5, 0.6) is 0 Å². The predicted molar refractivity (Wildman–Crippen MR) is 80.0 cm³/mol. The number of anilines is 1. The van der Waals surface area contributed by atoms with Crippen LogP contribution in [0, 0.1) is 26.7 Å². The summed E-state index contributed by atoms with van der Waals surface area (Å²) in [5, 5.41) is 3.34. The maximum absolute atomic E-state index is 12.4. The van der Waals surface area contributed by atoms with Crippen molar-refractivity contribution in [2.75, 3.05) is 31.5 Å². The van der Waals surface area contributed by atoms with E-state index in [4.69, 9.17) is 0 Å². The van der Waals surface area contributed by atoms with Gasteiger partial charge in [0, 0.05) is 17.8 Å². The number of likely N-dealkylation sites (tertiary alicyclic amines) is 1. The molecular weight excluding hydrogens is 293 g/mol. The number of rotatable bonds is 4. The molecule has 0 aromatic carbocycles. The quantitative estimate of drug-likeness (QED) is 0.927. The average Bonchev–Trinajstić information content (AvgIpc) is 2.41. The number of aromatic nitrogens is 2. The first-order chi connectivity index (χ1) is 10.2. The van der Waals surface area contributed by atoms with E-state index in [1.165, 1.54) is 4.90 Å². The van der Waals surface area contributed by atoms with Crippen LogP contribution in [0.25, 0.3) is 0 Å². The molecule has 1 fully saturated rings. The molecule has 2 heterocycles. The van der Waals surface area contributed by atoms with E-state index in [0.29, 0.717) is 19.0 Å². The highest BCUT2D eigenvalue weighted by Crippen LogP contribution is 2.23. The molecule has 1 N–H and O–H groups in total. The van der Waals surface area contributed by atoms with E-state index < -0.39 is 12.7 Å². The van der Waals surface area contributed by atoms with E-state index in [0.717, 1.165) is 42.3 Å². The Balaban J connectivity index is 1.82. The highest BCUT2D eigenvalue weighted by molar-refractivity contribution is 5.45. The summed E-state index contributed by atoms with van der Waals surface area (Å²) in [6.07, 6.45) is -2.53. The van der Waals surface area contributed by atoms with Crippen LogP contribution in [0.2, 0.25) is 0 Å². The molecule has 1 saturated heterocycles. The summed E-state index contributed by atoms with van der Waals surface area (Å²) in [5.41, 5.74) is 1.98. The van der Waals surface area contributed by atoms with Gasteiger partial charge in [-0.1, -0.05) is 0 Å². The van der Waals surface area contributed by atoms with Crippen LogP contribution in [0.3, 0.4) is 0 Å². The van der Waals surface area contributed by atoms with Gasteiger partial charge in [0.05, 0.1) is 6.54 Å². The fourth-order valence-corrected chi connectivity index (χ4v) is 2.78. The van der Waals surface area contributed by atoms with E-state index in [9.17, 15) is 13.2 Å². The van der Waals surface area contributed by atoms with E-state index in [1.807, 2.05) is 20.8 Å². The van der Waals surface area contributed by atoms with Crippen LogP contribution in [0.1, 0.15) is 29.9 Å². The van der Waals surface area contributed by atoms with Crippen molar-refractivity contribution < 1.29 is 13.2 Å². The smallest absolute Gasteiger partial charge is 0.369 e. The molecule has 0 aliphatic carbocycles. The molecule has 1 aliphatic rings. The van der Waals surface area contributed by atoms with Crippen molar-refractivity contribution in [3.05, 3.63) is 17.1 Å². The molecule has 0 amide bonds. The molecule has 22 heavy (non-hydrogen) atoms.